The Kier molecular flexibility index (Phi) is 12.7. The van der Waals surface area contributed by atoms with Crippen LogP contribution in [0.15, 0.2) is 40.9 Å². The molecule has 0 bridgehead atoms. The highest BCUT2D eigenvalue weighted by atomic mass is 19.4. The molecule has 1 aliphatic heterocycles. The van der Waals surface area contributed by atoms with Crippen LogP contribution < -0.4 is 16.6 Å². The van der Waals surface area contributed by atoms with Crippen molar-refractivity contribution in [3.63, 3.8) is 0 Å². The van der Waals surface area contributed by atoms with Gasteiger partial charge in [0.25, 0.3) is 5.56 Å². The lowest BCUT2D eigenvalue weighted by Crippen LogP contribution is -2.36. The van der Waals surface area contributed by atoms with E-state index < -0.39 is 23.8 Å². The summed E-state index contributed by atoms with van der Waals surface area (Å²) < 4.78 is 37.5. The molecule has 2 heterocycles. The van der Waals surface area contributed by atoms with Gasteiger partial charge in [0.15, 0.2) is 0 Å². The van der Waals surface area contributed by atoms with Gasteiger partial charge in [0.05, 0.1) is 5.57 Å². The van der Waals surface area contributed by atoms with Crippen molar-refractivity contribution in [2.45, 2.75) is 79.2 Å². The first-order valence-corrected chi connectivity index (χ1v) is 10.7. The maximum absolute atomic E-state index is 12.2. The lowest BCUT2D eigenvalue weighted by atomic mass is 9.92. The molecule has 32 heavy (non-hydrogen) atoms. The molecule has 0 saturated carbocycles. The van der Waals surface area contributed by atoms with Crippen LogP contribution >= 0.6 is 0 Å². The fourth-order valence-corrected chi connectivity index (χ4v) is 3.02. The normalized spacial score (nSPS) is 16.8. The van der Waals surface area contributed by atoms with Gasteiger partial charge in [0.1, 0.15) is 12.2 Å². The third-order valence-corrected chi connectivity index (χ3v) is 4.53. The molecule has 1 aromatic heterocycles. The van der Waals surface area contributed by atoms with Gasteiger partial charge in [-0.3, -0.25) is 9.59 Å². The summed E-state index contributed by atoms with van der Waals surface area (Å²) in [6, 6.07) is 1.53. The summed E-state index contributed by atoms with van der Waals surface area (Å²) in [5, 5.41) is 12.0. The van der Waals surface area contributed by atoms with Crippen LogP contribution in [0.4, 0.5) is 18.9 Å². The highest BCUT2D eigenvalue weighted by Crippen LogP contribution is 2.26. The summed E-state index contributed by atoms with van der Waals surface area (Å²) in [7, 11) is 0. The average molecular weight is 460 g/mol. The van der Waals surface area contributed by atoms with Crippen LogP contribution in [-0.2, 0) is 17.8 Å². The van der Waals surface area contributed by atoms with Crippen LogP contribution in [-0.4, -0.2) is 33.9 Å². The number of alkyl halides is 3. The van der Waals surface area contributed by atoms with E-state index in [1.807, 2.05) is 19.9 Å². The first-order valence-electron chi connectivity index (χ1n) is 10.7. The second-order valence-electron chi connectivity index (χ2n) is 7.56. The van der Waals surface area contributed by atoms with E-state index >= 15 is 0 Å². The molecule has 0 aliphatic carbocycles. The molecule has 0 radical (unpaired) electrons. The number of aromatic nitrogens is 1. The maximum atomic E-state index is 12.2. The van der Waals surface area contributed by atoms with Gasteiger partial charge in [-0.15, -0.1) is 0 Å². The average Bonchev–Trinajstić information content (AvgIpc) is 2.70. The monoisotopic (exact) mass is 459 g/mol. The van der Waals surface area contributed by atoms with Crippen LogP contribution in [0.1, 0.15) is 53.5 Å². The summed E-state index contributed by atoms with van der Waals surface area (Å²) in [5.41, 5.74) is 5.84. The molecule has 4 N–H and O–H groups in total. The number of nitrogens with one attached hydrogen (secondary N) is 1. The number of pyridine rings is 1. The van der Waals surface area contributed by atoms with Gasteiger partial charge < -0.3 is 20.7 Å². The molecule has 0 spiro atoms. The highest BCUT2D eigenvalue weighted by Gasteiger charge is 2.31. The summed E-state index contributed by atoms with van der Waals surface area (Å²) in [5.74, 6) is -0.557. The lowest BCUT2D eigenvalue weighted by Gasteiger charge is -2.29. The minimum absolute atomic E-state index is 0.236. The van der Waals surface area contributed by atoms with E-state index in [0.29, 0.717) is 11.6 Å². The Bertz CT molecular complexity index is 841. The van der Waals surface area contributed by atoms with Gasteiger partial charge in [0, 0.05) is 18.3 Å². The van der Waals surface area contributed by atoms with Crippen LogP contribution in [0, 0.1) is 5.92 Å². The third kappa shape index (κ3) is 9.72. The van der Waals surface area contributed by atoms with Crippen molar-refractivity contribution in [3.8, 4) is 0 Å². The van der Waals surface area contributed by atoms with E-state index in [9.17, 15) is 22.8 Å². The minimum Gasteiger partial charge on any atom is -0.480 e. The smallest absolute Gasteiger partial charge is 0.416 e. The highest BCUT2D eigenvalue weighted by molar-refractivity contribution is 5.67. The van der Waals surface area contributed by atoms with E-state index in [1.165, 1.54) is 24.5 Å². The predicted octanol–water partition coefficient (Wildman–Crippen LogP) is 4.74. The molecule has 0 aromatic carbocycles. The van der Waals surface area contributed by atoms with E-state index in [0.717, 1.165) is 30.6 Å². The Morgan fingerprint density at radius 1 is 1.34 bits per heavy atom. The standard InChI is InChI=1S/C13H18N2O3.C8H12F3N.C2H6/c1-8(2)10-4-3-9-5-6-15(7-11(16)17)13(18)12(9)14-10;1-3-4-7(5-6(2)12)8(9,10)11;1-2/h5-6,8,10,14H,3-4,7H2,1-2H3,(H,16,17);3-6H,12H2,1-2H3;1-2H3/b;4-3-,7-5+;. The number of rotatable bonds is 5. The van der Waals surface area contributed by atoms with Gasteiger partial charge in [-0.05, 0) is 44.2 Å². The number of carbonyl (C=O) groups is 1. The zero-order chi connectivity index (χ0) is 25.1. The van der Waals surface area contributed by atoms with Gasteiger partial charge in [-0.2, -0.15) is 13.2 Å². The van der Waals surface area contributed by atoms with E-state index in [-0.39, 0.29) is 18.1 Å². The number of hydrogen-bond acceptors (Lipinski definition) is 4. The Labute approximate surface area is 188 Å². The molecule has 0 amide bonds. The Morgan fingerprint density at radius 3 is 2.38 bits per heavy atom. The summed E-state index contributed by atoms with van der Waals surface area (Å²) >= 11 is 0. The summed E-state index contributed by atoms with van der Waals surface area (Å²) in [6.45, 7) is 11.0. The zero-order valence-electron chi connectivity index (χ0n) is 19.7. The fourth-order valence-electron chi connectivity index (χ4n) is 3.02. The van der Waals surface area contributed by atoms with Crippen molar-refractivity contribution in [1.29, 1.82) is 0 Å². The van der Waals surface area contributed by atoms with Crippen LogP contribution in [0.5, 0.6) is 0 Å². The van der Waals surface area contributed by atoms with Gasteiger partial charge in [-0.25, -0.2) is 0 Å². The number of anilines is 1. The molecule has 0 saturated heterocycles. The SMILES string of the molecule is C/C=C\C(=C/C(C)N)C(F)(F)F.CC.CC(C)C1CCc2ccn(CC(=O)O)c(=O)c2N1. The Morgan fingerprint density at radius 2 is 1.94 bits per heavy atom. The van der Waals surface area contributed by atoms with Crippen LogP contribution in [0.25, 0.3) is 0 Å². The number of aryl methyl sites for hydroxylation is 1. The number of fused-ring (bicyclic) bond motifs is 1. The quantitative estimate of drug-likeness (QED) is 0.553. The van der Waals surface area contributed by atoms with E-state index in [4.69, 9.17) is 10.8 Å². The summed E-state index contributed by atoms with van der Waals surface area (Å²) in [6.07, 6.45) is 2.46. The van der Waals surface area contributed by atoms with Crippen molar-refractivity contribution in [1.82, 2.24) is 4.57 Å². The largest absolute Gasteiger partial charge is 0.480 e. The maximum Gasteiger partial charge on any atom is 0.416 e. The zero-order valence-corrected chi connectivity index (χ0v) is 19.7. The number of nitrogens with two attached hydrogens (primary N) is 1. The van der Waals surface area contributed by atoms with Crippen molar-refractivity contribution in [2.75, 3.05) is 5.32 Å². The first-order chi connectivity index (χ1) is 14.9. The number of hydrogen-bond donors (Lipinski definition) is 3. The predicted molar refractivity (Wildman–Crippen MR) is 123 cm³/mol. The third-order valence-electron chi connectivity index (χ3n) is 4.53. The number of carboxylic acids is 1. The molecule has 6 nitrogen and oxygen atoms in total. The topological polar surface area (TPSA) is 97.3 Å². The second-order valence-corrected chi connectivity index (χ2v) is 7.56. The van der Waals surface area contributed by atoms with Crippen LogP contribution in [0.3, 0.4) is 0 Å². The Balaban J connectivity index is 0.000000602. The molecule has 0 fully saturated rings. The molecule has 2 atom stereocenters. The van der Waals surface area contributed by atoms with E-state index in [1.54, 1.807) is 6.20 Å². The molecule has 2 unspecified atom stereocenters. The van der Waals surface area contributed by atoms with Crippen molar-refractivity contribution < 1.29 is 23.1 Å². The van der Waals surface area contributed by atoms with Crippen molar-refractivity contribution >= 4 is 11.7 Å². The first kappa shape index (κ1) is 29.5. The molecule has 1 aliphatic rings. The number of nitrogens with zero attached hydrogens (tertiary/aromatic N) is 1. The molecule has 2 rings (SSSR count). The fraction of sp³-hybridized carbons (Fsp3) is 0.565. The van der Waals surface area contributed by atoms with Gasteiger partial charge in [0.2, 0.25) is 0 Å². The number of allylic oxidation sites excluding steroid dienone is 3. The molecule has 182 valence electrons. The van der Waals surface area contributed by atoms with E-state index in [2.05, 4.69) is 19.2 Å². The number of carboxylic acid groups (broad SMARTS) is 1. The Hall–Kier alpha value is -2.55. The molecular formula is C23H36F3N3O3. The minimum atomic E-state index is -4.31. The molecule has 1 aromatic rings. The van der Waals surface area contributed by atoms with Gasteiger partial charge in [-0.1, -0.05) is 45.9 Å². The summed E-state index contributed by atoms with van der Waals surface area (Å²) in [4.78, 5) is 22.8. The van der Waals surface area contributed by atoms with Crippen LogP contribution in [0.2, 0.25) is 0 Å². The lowest BCUT2D eigenvalue weighted by molar-refractivity contribution is -0.137. The van der Waals surface area contributed by atoms with Crippen molar-refractivity contribution in [3.05, 3.63) is 52.0 Å². The van der Waals surface area contributed by atoms with Crippen molar-refractivity contribution in [2.24, 2.45) is 11.7 Å². The second kappa shape index (κ2) is 13.8. The number of aliphatic carboxylic acids is 1. The van der Waals surface area contributed by atoms with Gasteiger partial charge >= 0.3 is 12.1 Å². The molecular weight excluding hydrogens is 423 g/mol. The number of halogens is 3. The molecule has 9 heteroatoms.